The van der Waals surface area contributed by atoms with Crippen molar-refractivity contribution < 1.29 is 9.90 Å². The van der Waals surface area contributed by atoms with Gasteiger partial charge in [0.2, 0.25) is 0 Å². The van der Waals surface area contributed by atoms with Crippen LogP contribution in [0.5, 0.6) is 5.75 Å². The van der Waals surface area contributed by atoms with E-state index in [4.69, 9.17) is 0 Å². The van der Waals surface area contributed by atoms with Crippen LogP contribution in [-0.4, -0.2) is 41.6 Å². The van der Waals surface area contributed by atoms with Crippen molar-refractivity contribution in [2.75, 3.05) is 13.6 Å². The molecular weight excluding hydrogens is 326 g/mol. The highest BCUT2D eigenvalue weighted by atomic mass is 16.3. The number of likely N-dealkylation sites (N-methyl/N-ethyl adjacent to an activating group) is 1. The first kappa shape index (κ1) is 18.4. The van der Waals surface area contributed by atoms with Gasteiger partial charge in [0, 0.05) is 31.2 Å². The zero-order valence-corrected chi connectivity index (χ0v) is 15.4. The van der Waals surface area contributed by atoms with E-state index in [0.29, 0.717) is 18.2 Å². The van der Waals surface area contributed by atoms with Gasteiger partial charge in [0.05, 0.1) is 0 Å². The highest BCUT2D eigenvalue weighted by Crippen LogP contribution is 2.23. The molecule has 1 aliphatic heterocycles. The number of hydrazine groups is 1. The second-order valence-electron chi connectivity index (χ2n) is 7.02. The molecule has 3 N–H and O–H groups in total. The van der Waals surface area contributed by atoms with Crippen molar-refractivity contribution in [1.29, 1.82) is 0 Å². The first-order chi connectivity index (χ1) is 12.6. The average molecular weight is 353 g/mol. The van der Waals surface area contributed by atoms with E-state index >= 15 is 0 Å². The van der Waals surface area contributed by atoms with Crippen LogP contribution in [0.1, 0.15) is 36.5 Å². The van der Waals surface area contributed by atoms with Gasteiger partial charge in [0.15, 0.2) is 0 Å². The molecule has 5 nitrogen and oxygen atoms in total. The maximum atomic E-state index is 12.8. The first-order valence-corrected chi connectivity index (χ1v) is 9.22. The number of phenolic OH excluding ortho intramolecular Hbond substituents is 1. The molecule has 5 heteroatoms. The van der Waals surface area contributed by atoms with E-state index < -0.39 is 0 Å². The molecular formula is C21H27N3O2. The molecule has 1 aliphatic rings. The Bertz CT molecular complexity index is 745. The molecule has 2 aromatic carbocycles. The van der Waals surface area contributed by atoms with E-state index in [1.807, 2.05) is 43.4 Å². The normalized spacial score (nSPS) is 19.5. The fraction of sp³-hybridized carbons (Fsp3) is 0.381. The Hall–Kier alpha value is -2.37. The van der Waals surface area contributed by atoms with Gasteiger partial charge >= 0.3 is 0 Å². The summed E-state index contributed by atoms with van der Waals surface area (Å²) in [5, 5.41) is 9.44. The van der Waals surface area contributed by atoms with Gasteiger partial charge in [-0.3, -0.25) is 15.6 Å². The van der Waals surface area contributed by atoms with Crippen molar-refractivity contribution in [3.63, 3.8) is 0 Å². The second-order valence-corrected chi connectivity index (χ2v) is 7.02. The zero-order chi connectivity index (χ0) is 18.5. The number of nitrogens with zero attached hydrogens (tertiary/aromatic N) is 1. The summed E-state index contributed by atoms with van der Waals surface area (Å²) in [5.74, 6) is 0.256. The van der Waals surface area contributed by atoms with Crippen molar-refractivity contribution in [3.05, 3.63) is 54.1 Å². The van der Waals surface area contributed by atoms with Gasteiger partial charge in [0.25, 0.3) is 5.91 Å². The SMILES string of the molecule is CCCC1CC(CN(C)C(=O)c2cccc(-c3ccc(O)cc3)c2)NN1. The molecule has 0 bridgehead atoms. The highest BCUT2D eigenvalue weighted by molar-refractivity contribution is 5.95. The highest BCUT2D eigenvalue weighted by Gasteiger charge is 2.25. The topological polar surface area (TPSA) is 64.6 Å². The van der Waals surface area contributed by atoms with Gasteiger partial charge in [-0.1, -0.05) is 37.6 Å². The van der Waals surface area contributed by atoms with Crippen LogP contribution in [0.25, 0.3) is 11.1 Å². The Balaban J connectivity index is 1.66. The smallest absolute Gasteiger partial charge is 0.253 e. The lowest BCUT2D eigenvalue weighted by molar-refractivity contribution is 0.0783. The van der Waals surface area contributed by atoms with Gasteiger partial charge in [-0.15, -0.1) is 0 Å². The van der Waals surface area contributed by atoms with Crippen molar-refractivity contribution in [1.82, 2.24) is 15.8 Å². The van der Waals surface area contributed by atoms with Crippen LogP contribution < -0.4 is 10.9 Å². The third-order valence-electron chi connectivity index (χ3n) is 4.85. The fourth-order valence-corrected chi connectivity index (χ4v) is 3.48. The molecule has 0 aliphatic carbocycles. The van der Waals surface area contributed by atoms with E-state index in [2.05, 4.69) is 17.8 Å². The Morgan fingerprint density at radius 2 is 1.85 bits per heavy atom. The minimum absolute atomic E-state index is 0.0198. The summed E-state index contributed by atoms with van der Waals surface area (Å²) in [6.45, 7) is 2.86. The van der Waals surface area contributed by atoms with Crippen molar-refractivity contribution in [2.24, 2.45) is 0 Å². The molecule has 0 spiro atoms. The number of phenols is 1. The molecule has 2 unspecified atom stereocenters. The summed E-state index contributed by atoms with van der Waals surface area (Å²) in [6.07, 6.45) is 3.35. The molecule has 2 aromatic rings. The molecule has 0 saturated carbocycles. The third kappa shape index (κ3) is 4.42. The predicted octanol–water partition coefficient (Wildman–Crippen LogP) is 3.17. The first-order valence-electron chi connectivity index (χ1n) is 9.22. The summed E-state index contributed by atoms with van der Waals surface area (Å²) < 4.78 is 0. The van der Waals surface area contributed by atoms with E-state index in [0.717, 1.165) is 30.4 Å². The average Bonchev–Trinajstić information content (AvgIpc) is 3.09. The van der Waals surface area contributed by atoms with Crippen molar-refractivity contribution in [3.8, 4) is 16.9 Å². The molecule has 1 fully saturated rings. The van der Waals surface area contributed by atoms with Gasteiger partial charge in [-0.2, -0.15) is 0 Å². The molecule has 0 radical (unpaired) electrons. The van der Waals surface area contributed by atoms with Crippen LogP contribution in [-0.2, 0) is 0 Å². The van der Waals surface area contributed by atoms with Crippen LogP contribution in [0.3, 0.4) is 0 Å². The summed E-state index contributed by atoms with van der Waals surface area (Å²) >= 11 is 0. The van der Waals surface area contributed by atoms with Gasteiger partial charge in [0.1, 0.15) is 5.75 Å². The Morgan fingerprint density at radius 3 is 2.58 bits per heavy atom. The second kappa shape index (κ2) is 8.34. The van der Waals surface area contributed by atoms with Crippen LogP contribution >= 0.6 is 0 Å². The Morgan fingerprint density at radius 1 is 1.12 bits per heavy atom. The fourth-order valence-electron chi connectivity index (χ4n) is 3.48. The molecule has 3 rings (SSSR count). The number of hydrogen-bond acceptors (Lipinski definition) is 4. The number of rotatable bonds is 6. The lowest BCUT2D eigenvalue weighted by Crippen LogP contribution is -2.41. The van der Waals surface area contributed by atoms with Crippen molar-refractivity contribution >= 4 is 5.91 Å². The number of aromatic hydroxyl groups is 1. The lowest BCUT2D eigenvalue weighted by Gasteiger charge is -2.21. The molecule has 1 saturated heterocycles. The molecule has 26 heavy (non-hydrogen) atoms. The maximum Gasteiger partial charge on any atom is 0.253 e. The summed E-state index contributed by atoms with van der Waals surface area (Å²) in [6, 6.07) is 15.4. The summed E-state index contributed by atoms with van der Waals surface area (Å²) in [7, 11) is 1.85. The minimum atomic E-state index is 0.0198. The number of amides is 1. The number of carbonyl (C=O) groups is 1. The van der Waals surface area contributed by atoms with Crippen molar-refractivity contribution in [2.45, 2.75) is 38.3 Å². The maximum absolute atomic E-state index is 12.8. The minimum Gasteiger partial charge on any atom is -0.508 e. The lowest BCUT2D eigenvalue weighted by atomic mass is 10.0. The third-order valence-corrected chi connectivity index (χ3v) is 4.85. The molecule has 1 heterocycles. The molecule has 1 amide bonds. The van der Waals surface area contributed by atoms with E-state index in [-0.39, 0.29) is 17.7 Å². The predicted molar refractivity (Wildman–Crippen MR) is 104 cm³/mol. The van der Waals surface area contributed by atoms with E-state index in [1.54, 1.807) is 17.0 Å². The Labute approximate surface area is 155 Å². The zero-order valence-electron chi connectivity index (χ0n) is 15.4. The summed E-state index contributed by atoms with van der Waals surface area (Å²) in [5.41, 5.74) is 9.24. The standard InChI is InChI=1S/C21H27N3O2/c1-3-5-18-13-19(23-22-18)14-24(2)21(26)17-7-4-6-16(12-17)15-8-10-20(25)11-9-15/h4,6-12,18-19,22-23,25H,3,5,13-14H2,1-2H3. The quantitative estimate of drug-likeness (QED) is 0.746. The van der Waals surface area contributed by atoms with Crippen LogP contribution in [0.2, 0.25) is 0 Å². The van der Waals surface area contributed by atoms with Gasteiger partial charge in [-0.25, -0.2) is 0 Å². The molecule has 2 atom stereocenters. The van der Waals surface area contributed by atoms with E-state index in [1.165, 1.54) is 0 Å². The number of carbonyl (C=O) groups excluding carboxylic acids is 1. The van der Waals surface area contributed by atoms with E-state index in [9.17, 15) is 9.90 Å². The van der Waals surface area contributed by atoms with Crippen LogP contribution in [0.15, 0.2) is 48.5 Å². The molecule has 0 aromatic heterocycles. The largest absolute Gasteiger partial charge is 0.508 e. The van der Waals surface area contributed by atoms with Crippen LogP contribution in [0.4, 0.5) is 0 Å². The van der Waals surface area contributed by atoms with Gasteiger partial charge in [-0.05, 0) is 48.2 Å². The number of hydrogen-bond donors (Lipinski definition) is 3. The Kier molecular flexibility index (Phi) is 5.91. The number of nitrogens with one attached hydrogen (secondary N) is 2. The van der Waals surface area contributed by atoms with Gasteiger partial charge < -0.3 is 10.0 Å². The summed E-state index contributed by atoms with van der Waals surface area (Å²) in [4.78, 5) is 14.6. The van der Waals surface area contributed by atoms with Crippen LogP contribution in [0, 0.1) is 0 Å². The number of benzene rings is 2. The monoisotopic (exact) mass is 353 g/mol. The molecule has 138 valence electrons.